The zero-order valence-corrected chi connectivity index (χ0v) is 41.3. The number of benzene rings is 13. The van der Waals surface area contributed by atoms with Crippen LogP contribution in [-0.4, -0.2) is 0 Å². The van der Waals surface area contributed by atoms with Crippen molar-refractivity contribution in [1.82, 2.24) is 0 Å². The first-order chi connectivity index (χ1) is 36.7. The number of hydrogen-bond donors (Lipinski definition) is 0. The first kappa shape index (κ1) is 43.4. The molecule has 0 atom stereocenters. The molecule has 0 fully saturated rings. The van der Waals surface area contributed by atoms with Gasteiger partial charge in [0, 0.05) is 37.1 Å². The van der Waals surface area contributed by atoms with Gasteiger partial charge in [-0.05, 0) is 136 Å². The number of anilines is 3. The number of fused-ring (bicyclic) bond motifs is 6. The molecule has 14 aromatic rings. The van der Waals surface area contributed by atoms with Crippen LogP contribution in [0.2, 0.25) is 0 Å². The van der Waals surface area contributed by atoms with Gasteiger partial charge in [0.25, 0.3) is 0 Å². The Morgan fingerprint density at radius 2 is 0.676 bits per heavy atom. The first-order valence-electron chi connectivity index (χ1n) is 25.4. The van der Waals surface area contributed by atoms with E-state index in [9.17, 15) is 0 Å². The summed E-state index contributed by atoms with van der Waals surface area (Å²) >= 11 is 1.89. The van der Waals surface area contributed by atoms with Crippen LogP contribution in [-0.2, 0) is 0 Å². The van der Waals surface area contributed by atoms with E-state index in [2.05, 4.69) is 290 Å². The number of nitrogens with zero attached hydrogens (tertiary/aromatic N) is 1. The minimum Gasteiger partial charge on any atom is -0.310 e. The van der Waals surface area contributed by atoms with Gasteiger partial charge in [-0.3, -0.25) is 0 Å². The van der Waals surface area contributed by atoms with E-state index in [0.29, 0.717) is 0 Å². The van der Waals surface area contributed by atoms with Crippen LogP contribution in [0.4, 0.5) is 17.1 Å². The van der Waals surface area contributed by atoms with Crippen molar-refractivity contribution in [1.29, 1.82) is 0 Å². The minimum absolute atomic E-state index is 1.09. The molecule has 0 unspecified atom stereocenters. The molecule has 0 bridgehead atoms. The molecule has 0 aliphatic rings. The monoisotopic (exact) mass is 957 g/mol. The zero-order chi connectivity index (χ0) is 49.0. The van der Waals surface area contributed by atoms with Crippen LogP contribution in [0.15, 0.2) is 285 Å². The Kier molecular flexibility index (Phi) is 10.8. The lowest BCUT2D eigenvalue weighted by Crippen LogP contribution is -2.10. The van der Waals surface area contributed by atoms with Gasteiger partial charge in [0.15, 0.2) is 0 Å². The third-order valence-corrected chi connectivity index (χ3v) is 16.1. The second-order valence-corrected chi connectivity index (χ2v) is 20.2. The van der Waals surface area contributed by atoms with E-state index in [4.69, 9.17) is 0 Å². The average Bonchev–Trinajstić information content (AvgIpc) is 3.88. The van der Waals surface area contributed by atoms with Crippen LogP contribution < -0.4 is 4.90 Å². The van der Waals surface area contributed by atoms with Crippen molar-refractivity contribution in [2.45, 2.75) is 0 Å². The zero-order valence-electron chi connectivity index (χ0n) is 40.5. The molecule has 14 rings (SSSR count). The lowest BCUT2D eigenvalue weighted by Gasteiger charge is -2.27. The Hall–Kier alpha value is -9.34. The van der Waals surface area contributed by atoms with Gasteiger partial charge in [0.05, 0.1) is 5.69 Å². The van der Waals surface area contributed by atoms with Crippen LogP contribution in [0.5, 0.6) is 0 Å². The molecular formula is C72H47NS. The van der Waals surface area contributed by atoms with Gasteiger partial charge in [-0.1, -0.05) is 243 Å². The smallest absolute Gasteiger partial charge is 0.0555 e. The summed E-state index contributed by atoms with van der Waals surface area (Å²) in [6, 6.07) is 105. The highest BCUT2D eigenvalue weighted by Gasteiger charge is 2.23. The first-order valence-corrected chi connectivity index (χ1v) is 26.2. The third kappa shape index (κ3) is 7.63. The summed E-state index contributed by atoms with van der Waals surface area (Å²) in [5, 5.41) is 10.0. The maximum absolute atomic E-state index is 2.46. The fourth-order valence-corrected chi connectivity index (χ4v) is 12.6. The topological polar surface area (TPSA) is 3.24 Å². The molecule has 1 aromatic heterocycles. The molecule has 0 saturated carbocycles. The standard InChI is InChI=1S/C72H47NS/c1-2-18-55-47-56(36-33-48(55)15-1)63-24-8-10-26-65(63)64-25-9-7-23-62(64)54-39-43-58(44-40-54)73(57-41-37-50(38-42-57)49-31-34-53(35-32-49)60-28-13-19-51-16-3-5-21-59(51)60)69-46-45-67(66-29-14-20-52-17-4-6-22-61(52)66)72-71(69)68-27-11-12-30-70(68)74-72/h1-47H. The van der Waals surface area contributed by atoms with E-state index >= 15 is 0 Å². The molecule has 1 heterocycles. The molecular weight excluding hydrogens is 911 g/mol. The van der Waals surface area contributed by atoms with Crippen molar-refractivity contribution in [3.8, 4) is 66.8 Å². The lowest BCUT2D eigenvalue weighted by molar-refractivity contribution is 1.30. The quantitative estimate of drug-likeness (QED) is 0.139. The normalized spacial score (nSPS) is 11.5. The van der Waals surface area contributed by atoms with E-state index in [1.54, 1.807) is 0 Å². The molecule has 0 saturated heterocycles. The summed E-state index contributed by atoms with van der Waals surface area (Å²) < 4.78 is 2.55. The van der Waals surface area contributed by atoms with Crippen LogP contribution in [0.1, 0.15) is 0 Å². The molecule has 0 N–H and O–H groups in total. The second kappa shape index (κ2) is 18.4. The predicted octanol–water partition coefficient (Wildman–Crippen LogP) is 21.0. The maximum Gasteiger partial charge on any atom is 0.0555 e. The molecule has 13 aromatic carbocycles. The Morgan fingerprint density at radius 3 is 1.34 bits per heavy atom. The molecule has 0 amide bonds. The van der Waals surface area contributed by atoms with Crippen LogP contribution in [0.25, 0.3) is 119 Å². The summed E-state index contributed by atoms with van der Waals surface area (Å²) in [7, 11) is 0. The molecule has 1 nitrogen and oxygen atoms in total. The van der Waals surface area contributed by atoms with Gasteiger partial charge in [0.2, 0.25) is 0 Å². The van der Waals surface area contributed by atoms with Gasteiger partial charge in [-0.15, -0.1) is 11.3 Å². The number of rotatable bonds is 9. The van der Waals surface area contributed by atoms with Crippen molar-refractivity contribution in [3.63, 3.8) is 0 Å². The van der Waals surface area contributed by atoms with Crippen molar-refractivity contribution in [2.24, 2.45) is 0 Å². The molecule has 0 aliphatic carbocycles. The second-order valence-electron chi connectivity index (χ2n) is 19.1. The minimum atomic E-state index is 1.09. The number of hydrogen-bond acceptors (Lipinski definition) is 2. The maximum atomic E-state index is 2.46. The highest BCUT2D eigenvalue weighted by Crippen LogP contribution is 2.50. The Morgan fingerprint density at radius 1 is 0.243 bits per heavy atom. The highest BCUT2D eigenvalue weighted by molar-refractivity contribution is 7.26. The summed E-state index contributed by atoms with van der Waals surface area (Å²) in [5.74, 6) is 0. The number of thiophene rings is 1. The SMILES string of the molecule is c1ccc(-c2ccccc2-c2ccc3ccccc3c2)c(-c2ccc(N(c3ccc(-c4ccc(-c5cccc6ccccc56)cc4)cc3)c3ccc(-c4cccc5ccccc45)c4sc5ccccc5c34)cc2)c1. The van der Waals surface area contributed by atoms with E-state index in [0.717, 1.165) is 22.6 Å². The predicted molar refractivity (Wildman–Crippen MR) is 319 cm³/mol. The van der Waals surface area contributed by atoms with Gasteiger partial charge in [-0.2, -0.15) is 0 Å². The van der Waals surface area contributed by atoms with Crippen molar-refractivity contribution in [3.05, 3.63) is 285 Å². The Balaban J connectivity index is 0.896. The molecule has 346 valence electrons. The van der Waals surface area contributed by atoms with Crippen LogP contribution >= 0.6 is 11.3 Å². The summed E-state index contributed by atoms with van der Waals surface area (Å²) in [4.78, 5) is 2.46. The molecule has 0 aliphatic heterocycles. The summed E-state index contributed by atoms with van der Waals surface area (Å²) in [6.07, 6.45) is 0. The molecule has 74 heavy (non-hydrogen) atoms. The van der Waals surface area contributed by atoms with E-state index in [1.165, 1.54) is 114 Å². The molecule has 0 radical (unpaired) electrons. The Labute approximate surface area is 435 Å². The average molecular weight is 958 g/mol. The molecule has 0 spiro atoms. The largest absolute Gasteiger partial charge is 0.310 e. The fraction of sp³-hybridized carbons (Fsp3) is 0. The Bertz CT molecular complexity index is 4400. The van der Waals surface area contributed by atoms with Crippen molar-refractivity contribution in [2.75, 3.05) is 4.90 Å². The lowest BCUT2D eigenvalue weighted by atomic mass is 9.89. The summed E-state index contributed by atoms with van der Waals surface area (Å²) in [5.41, 5.74) is 17.9. The van der Waals surface area contributed by atoms with Gasteiger partial charge >= 0.3 is 0 Å². The third-order valence-electron chi connectivity index (χ3n) is 14.9. The van der Waals surface area contributed by atoms with E-state index in [-0.39, 0.29) is 0 Å². The van der Waals surface area contributed by atoms with Gasteiger partial charge in [-0.25, -0.2) is 0 Å². The van der Waals surface area contributed by atoms with Crippen molar-refractivity contribution >= 4 is 80.9 Å². The fourth-order valence-electron chi connectivity index (χ4n) is 11.3. The van der Waals surface area contributed by atoms with Crippen molar-refractivity contribution < 1.29 is 0 Å². The van der Waals surface area contributed by atoms with E-state index in [1.807, 2.05) is 11.3 Å². The summed E-state index contributed by atoms with van der Waals surface area (Å²) in [6.45, 7) is 0. The van der Waals surface area contributed by atoms with Crippen LogP contribution in [0.3, 0.4) is 0 Å². The van der Waals surface area contributed by atoms with Gasteiger partial charge < -0.3 is 4.90 Å². The molecule has 2 heteroatoms. The van der Waals surface area contributed by atoms with Gasteiger partial charge in [0.1, 0.15) is 0 Å². The highest BCUT2D eigenvalue weighted by atomic mass is 32.1. The van der Waals surface area contributed by atoms with Crippen LogP contribution in [0, 0.1) is 0 Å². The van der Waals surface area contributed by atoms with E-state index < -0.39 is 0 Å².